The van der Waals surface area contributed by atoms with Crippen LogP contribution in [0.2, 0.25) is 0 Å². The molecule has 2 N–H and O–H groups in total. The zero-order valence-electron chi connectivity index (χ0n) is 10.7. The molecule has 0 aliphatic carbocycles. The third kappa shape index (κ3) is 4.15. The summed E-state index contributed by atoms with van der Waals surface area (Å²) in [6.07, 6.45) is 1.41. The second kappa shape index (κ2) is 6.73. The van der Waals surface area contributed by atoms with Crippen molar-refractivity contribution in [3.8, 4) is 0 Å². The van der Waals surface area contributed by atoms with Gasteiger partial charge in [-0.1, -0.05) is 6.92 Å². The fourth-order valence-electron chi connectivity index (χ4n) is 1.46. The number of hydrazone groups is 1. The SMILES string of the molecule is CCCNC(=O)CN(C)C(=O)C1=NNC(=O)CC1. The molecule has 0 aromatic heterocycles. The predicted molar refractivity (Wildman–Crippen MR) is 65.7 cm³/mol. The zero-order chi connectivity index (χ0) is 13.5. The van der Waals surface area contributed by atoms with Gasteiger partial charge in [0.05, 0.1) is 6.54 Å². The Kier molecular flexibility index (Phi) is 5.29. The average Bonchev–Trinajstić information content (AvgIpc) is 2.36. The molecule has 1 aliphatic rings. The van der Waals surface area contributed by atoms with Crippen molar-refractivity contribution in [1.82, 2.24) is 15.6 Å². The summed E-state index contributed by atoms with van der Waals surface area (Å²) in [5.41, 5.74) is 2.53. The molecule has 0 atom stereocenters. The Morgan fingerprint density at radius 3 is 2.72 bits per heavy atom. The van der Waals surface area contributed by atoms with Crippen LogP contribution in [0.25, 0.3) is 0 Å². The van der Waals surface area contributed by atoms with Gasteiger partial charge in [0, 0.05) is 26.4 Å². The molecule has 0 aromatic carbocycles. The van der Waals surface area contributed by atoms with Gasteiger partial charge in [-0.3, -0.25) is 14.4 Å². The summed E-state index contributed by atoms with van der Waals surface area (Å²) in [7, 11) is 1.53. The van der Waals surface area contributed by atoms with E-state index in [-0.39, 0.29) is 36.4 Å². The standard InChI is InChI=1S/C11H18N4O3/c1-3-6-12-10(17)7-15(2)11(18)8-4-5-9(16)14-13-8/h3-7H2,1-2H3,(H,12,17)(H,14,16). The highest BCUT2D eigenvalue weighted by Gasteiger charge is 2.22. The van der Waals surface area contributed by atoms with Crippen molar-refractivity contribution >= 4 is 23.4 Å². The summed E-state index contributed by atoms with van der Waals surface area (Å²) < 4.78 is 0. The van der Waals surface area contributed by atoms with Crippen molar-refractivity contribution in [1.29, 1.82) is 0 Å². The summed E-state index contributed by atoms with van der Waals surface area (Å²) in [6, 6.07) is 0. The van der Waals surface area contributed by atoms with Crippen molar-refractivity contribution in [2.75, 3.05) is 20.1 Å². The summed E-state index contributed by atoms with van der Waals surface area (Å²) in [6.45, 7) is 2.54. The van der Waals surface area contributed by atoms with Gasteiger partial charge in [-0.2, -0.15) is 5.10 Å². The second-order valence-corrected chi connectivity index (χ2v) is 4.10. The van der Waals surface area contributed by atoms with Crippen LogP contribution >= 0.6 is 0 Å². The number of likely N-dealkylation sites (N-methyl/N-ethyl adjacent to an activating group) is 1. The fraction of sp³-hybridized carbons (Fsp3) is 0.636. The van der Waals surface area contributed by atoms with Crippen LogP contribution in [0.15, 0.2) is 5.10 Å². The number of nitrogens with one attached hydrogen (secondary N) is 2. The average molecular weight is 254 g/mol. The number of hydrogen-bond acceptors (Lipinski definition) is 4. The minimum absolute atomic E-state index is 0.00814. The molecule has 7 nitrogen and oxygen atoms in total. The minimum atomic E-state index is -0.332. The first-order valence-electron chi connectivity index (χ1n) is 5.92. The summed E-state index contributed by atoms with van der Waals surface area (Å²) in [4.78, 5) is 35.5. The number of amides is 3. The molecule has 3 amide bonds. The molecular weight excluding hydrogens is 236 g/mol. The highest BCUT2D eigenvalue weighted by Crippen LogP contribution is 2.02. The van der Waals surface area contributed by atoms with Gasteiger partial charge >= 0.3 is 0 Å². The van der Waals surface area contributed by atoms with E-state index in [0.717, 1.165) is 6.42 Å². The van der Waals surface area contributed by atoms with E-state index in [1.54, 1.807) is 0 Å². The van der Waals surface area contributed by atoms with E-state index in [1.807, 2.05) is 6.92 Å². The normalized spacial score (nSPS) is 14.6. The highest BCUT2D eigenvalue weighted by atomic mass is 16.2. The molecule has 0 fully saturated rings. The zero-order valence-corrected chi connectivity index (χ0v) is 10.7. The lowest BCUT2D eigenvalue weighted by Crippen LogP contribution is -2.43. The van der Waals surface area contributed by atoms with Crippen LogP contribution < -0.4 is 10.7 Å². The van der Waals surface area contributed by atoms with E-state index in [0.29, 0.717) is 13.0 Å². The number of carbonyl (C=O) groups excluding carboxylic acids is 3. The maximum Gasteiger partial charge on any atom is 0.270 e. The largest absolute Gasteiger partial charge is 0.355 e. The van der Waals surface area contributed by atoms with Gasteiger partial charge in [0.2, 0.25) is 11.8 Å². The van der Waals surface area contributed by atoms with Crippen LogP contribution in [0.5, 0.6) is 0 Å². The number of hydrogen-bond donors (Lipinski definition) is 2. The van der Waals surface area contributed by atoms with Crippen molar-refractivity contribution in [3.05, 3.63) is 0 Å². The van der Waals surface area contributed by atoms with Crippen LogP contribution in [-0.4, -0.2) is 48.5 Å². The fourth-order valence-corrected chi connectivity index (χ4v) is 1.46. The molecule has 1 heterocycles. The van der Waals surface area contributed by atoms with Gasteiger partial charge in [-0.05, 0) is 6.42 Å². The smallest absolute Gasteiger partial charge is 0.270 e. The van der Waals surface area contributed by atoms with Gasteiger partial charge in [0.1, 0.15) is 5.71 Å². The van der Waals surface area contributed by atoms with Crippen LogP contribution in [-0.2, 0) is 14.4 Å². The first-order valence-corrected chi connectivity index (χ1v) is 5.92. The third-order valence-electron chi connectivity index (χ3n) is 2.45. The first-order chi connectivity index (χ1) is 8.54. The Labute approximate surface area is 106 Å². The second-order valence-electron chi connectivity index (χ2n) is 4.10. The molecule has 18 heavy (non-hydrogen) atoms. The molecule has 0 spiro atoms. The molecule has 0 unspecified atom stereocenters. The van der Waals surface area contributed by atoms with Crippen molar-refractivity contribution in [3.63, 3.8) is 0 Å². The molecule has 0 radical (unpaired) electrons. The van der Waals surface area contributed by atoms with Gasteiger partial charge in [0.25, 0.3) is 5.91 Å². The van der Waals surface area contributed by atoms with E-state index in [4.69, 9.17) is 0 Å². The molecule has 7 heteroatoms. The summed E-state index contributed by atoms with van der Waals surface area (Å²) in [5, 5.41) is 6.38. The van der Waals surface area contributed by atoms with E-state index in [2.05, 4.69) is 15.8 Å². The Morgan fingerprint density at radius 1 is 1.44 bits per heavy atom. The molecule has 0 saturated heterocycles. The predicted octanol–water partition coefficient (Wildman–Crippen LogP) is -0.763. The van der Waals surface area contributed by atoms with Crippen LogP contribution in [0.3, 0.4) is 0 Å². The lowest BCUT2D eigenvalue weighted by atomic mass is 10.1. The Balaban J connectivity index is 2.46. The van der Waals surface area contributed by atoms with E-state index >= 15 is 0 Å². The molecule has 0 bridgehead atoms. The number of rotatable bonds is 5. The van der Waals surface area contributed by atoms with E-state index < -0.39 is 0 Å². The molecule has 100 valence electrons. The number of nitrogens with zero attached hydrogens (tertiary/aromatic N) is 2. The van der Waals surface area contributed by atoms with Crippen LogP contribution in [0.4, 0.5) is 0 Å². The molecule has 0 aromatic rings. The third-order valence-corrected chi connectivity index (χ3v) is 2.45. The molecular formula is C11H18N4O3. The molecule has 0 saturated carbocycles. The Bertz CT molecular complexity index is 378. The summed E-state index contributed by atoms with van der Waals surface area (Å²) in [5.74, 6) is -0.732. The van der Waals surface area contributed by atoms with Crippen molar-refractivity contribution in [2.45, 2.75) is 26.2 Å². The van der Waals surface area contributed by atoms with Crippen LogP contribution in [0.1, 0.15) is 26.2 Å². The lowest BCUT2D eigenvalue weighted by Gasteiger charge is -2.19. The maximum absolute atomic E-state index is 11.9. The highest BCUT2D eigenvalue weighted by molar-refractivity contribution is 6.39. The van der Waals surface area contributed by atoms with Gasteiger partial charge in [-0.25, -0.2) is 5.43 Å². The van der Waals surface area contributed by atoms with Crippen LogP contribution in [0, 0.1) is 0 Å². The monoisotopic (exact) mass is 254 g/mol. The Morgan fingerprint density at radius 2 is 2.17 bits per heavy atom. The topological polar surface area (TPSA) is 90.9 Å². The maximum atomic E-state index is 11.9. The molecule has 1 rings (SSSR count). The van der Waals surface area contributed by atoms with Crippen molar-refractivity contribution in [2.24, 2.45) is 5.10 Å². The summed E-state index contributed by atoms with van der Waals surface area (Å²) >= 11 is 0. The van der Waals surface area contributed by atoms with Crippen molar-refractivity contribution < 1.29 is 14.4 Å². The minimum Gasteiger partial charge on any atom is -0.355 e. The van der Waals surface area contributed by atoms with Gasteiger partial charge in [0.15, 0.2) is 0 Å². The molecule has 1 aliphatic heterocycles. The lowest BCUT2D eigenvalue weighted by molar-refractivity contribution is -0.130. The quantitative estimate of drug-likeness (QED) is 0.675. The Hall–Kier alpha value is -1.92. The van der Waals surface area contributed by atoms with E-state index in [1.165, 1.54) is 11.9 Å². The van der Waals surface area contributed by atoms with Gasteiger partial charge in [-0.15, -0.1) is 0 Å². The van der Waals surface area contributed by atoms with E-state index in [9.17, 15) is 14.4 Å². The van der Waals surface area contributed by atoms with Gasteiger partial charge < -0.3 is 10.2 Å². The number of carbonyl (C=O) groups is 3. The first kappa shape index (κ1) is 14.1.